The lowest BCUT2D eigenvalue weighted by Gasteiger charge is -2.29. The normalized spacial score (nSPS) is 14.8. The average molecular weight is 437 g/mol. The number of carbonyl (C=O) groups is 1. The summed E-state index contributed by atoms with van der Waals surface area (Å²) < 4.78 is 11.6. The van der Waals surface area contributed by atoms with Gasteiger partial charge < -0.3 is 9.47 Å². The van der Waals surface area contributed by atoms with E-state index in [1.807, 2.05) is 48.5 Å². The van der Waals surface area contributed by atoms with E-state index in [0.717, 1.165) is 35.5 Å². The quantitative estimate of drug-likeness (QED) is 0.402. The molecule has 31 heavy (non-hydrogen) atoms. The summed E-state index contributed by atoms with van der Waals surface area (Å²) in [4.78, 5) is 19.1. The van der Waals surface area contributed by atoms with Crippen LogP contribution in [0.3, 0.4) is 0 Å². The maximum Gasteiger partial charge on any atom is 0.247 e. The van der Waals surface area contributed by atoms with Crippen LogP contribution in [0.1, 0.15) is 38.5 Å². The van der Waals surface area contributed by atoms with Gasteiger partial charge in [0.2, 0.25) is 23.2 Å². The van der Waals surface area contributed by atoms with Crippen LogP contribution in [0.15, 0.2) is 53.7 Å². The third-order valence-electron chi connectivity index (χ3n) is 4.98. The lowest BCUT2D eigenvalue weighted by molar-refractivity contribution is -0.118. The van der Waals surface area contributed by atoms with Crippen LogP contribution in [-0.2, 0) is 4.79 Å². The Morgan fingerprint density at radius 1 is 1.16 bits per heavy atom. The molecule has 1 aromatic heterocycles. The Balaban J connectivity index is 1.83. The highest BCUT2D eigenvalue weighted by Gasteiger charge is 2.34. The first-order valence-electron chi connectivity index (χ1n) is 10.2. The van der Waals surface area contributed by atoms with Gasteiger partial charge in [0.1, 0.15) is 5.75 Å². The molecule has 1 atom stereocenters. The number of thioether (sulfide) groups is 1. The molecule has 2 heterocycles. The van der Waals surface area contributed by atoms with Crippen molar-refractivity contribution in [1.29, 1.82) is 0 Å². The monoisotopic (exact) mass is 436 g/mol. The van der Waals surface area contributed by atoms with E-state index in [1.54, 1.807) is 23.8 Å². The van der Waals surface area contributed by atoms with Crippen LogP contribution in [0.25, 0.3) is 11.3 Å². The maximum absolute atomic E-state index is 12.8. The number of benzene rings is 2. The molecule has 1 aliphatic rings. The zero-order valence-corrected chi connectivity index (χ0v) is 18.6. The molecule has 7 nitrogen and oxygen atoms in total. The summed E-state index contributed by atoms with van der Waals surface area (Å²) in [7, 11) is 1.62. The topological polar surface area (TPSA) is 77.4 Å². The largest absolute Gasteiger partial charge is 0.497 e. The molecule has 3 aromatic rings. The van der Waals surface area contributed by atoms with Gasteiger partial charge in [-0.2, -0.15) is 4.98 Å². The van der Waals surface area contributed by atoms with Crippen LogP contribution >= 0.6 is 11.8 Å². The fourth-order valence-electron chi connectivity index (χ4n) is 3.41. The highest BCUT2D eigenvalue weighted by atomic mass is 32.2. The molecule has 160 valence electrons. The zero-order chi connectivity index (χ0) is 21.8. The Hall–Kier alpha value is -3.13. The van der Waals surface area contributed by atoms with E-state index in [9.17, 15) is 4.79 Å². The molecule has 4 rings (SSSR count). The summed E-state index contributed by atoms with van der Waals surface area (Å²) in [6.07, 6.45) is 1.47. The molecule has 0 saturated carbocycles. The van der Waals surface area contributed by atoms with Gasteiger partial charge in [-0.1, -0.05) is 43.3 Å². The third kappa shape index (κ3) is 4.34. The second-order valence-electron chi connectivity index (χ2n) is 7.10. The van der Waals surface area contributed by atoms with Crippen molar-refractivity contribution >= 4 is 23.4 Å². The van der Waals surface area contributed by atoms with Crippen molar-refractivity contribution in [2.45, 2.75) is 38.1 Å². The molecule has 0 radical (unpaired) electrons. The lowest BCUT2D eigenvalue weighted by atomic mass is 10.1. The third-order valence-corrected chi connectivity index (χ3v) is 5.90. The minimum Gasteiger partial charge on any atom is -0.497 e. The van der Waals surface area contributed by atoms with E-state index in [-0.39, 0.29) is 5.91 Å². The van der Waals surface area contributed by atoms with Crippen molar-refractivity contribution in [2.24, 2.45) is 0 Å². The van der Waals surface area contributed by atoms with Crippen molar-refractivity contribution in [1.82, 2.24) is 15.2 Å². The molecule has 0 N–H and O–H groups in total. The van der Waals surface area contributed by atoms with Crippen molar-refractivity contribution < 1.29 is 14.3 Å². The summed E-state index contributed by atoms with van der Waals surface area (Å²) in [6.45, 7) is 3.67. The number of amides is 1. The summed E-state index contributed by atoms with van der Waals surface area (Å²) in [6, 6.07) is 15.1. The first kappa shape index (κ1) is 21.1. The first-order valence-corrected chi connectivity index (χ1v) is 11.2. The Bertz CT molecular complexity index is 1070. The van der Waals surface area contributed by atoms with E-state index >= 15 is 0 Å². The van der Waals surface area contributed by atoms with Gasteiger partial charge in [-0.25, -0.2) is 0 Å². The van der Waals surface area contributed by atoms with Gasteiger partial charge in [0.15, 0.2) is 5.69 Å². The smallest absolute Gasteiger partial charge is 0.247 e. The average Bonchev–Trinajstić information content (AvgIpc) is 2.93. The number of rotatable bonds is 6. The Morgan fingerprint density at radius 2 is 1.94 bits per heavy atom. The van der Waals surface area contributed by atoms with Gasteiger partial charge in [-0.15, -0.1) is 10.2 Å². The number of fused-ring (bicyclic) bond motifs is 3. The molecule has 1 amide bonds. The van der Waals surface area contributed by atoms with Gasteiger partial charge in [0.05, 0.1) is 12.8 Å². The number of anilines is 1. The summed E-state index contributed by atoms with van der Waals surface area (Å²) in [5, 5.41) is 9.29. The molecule has 2 aromatic carbocycles. The van der Waals surface area contributed by atoms with Crippen LogP contribution in [-0.4, -0.2) is 34.0 Å². The number of hydrogen-bond acceptors (Lipinski definition) is 7. The lowest BCUT2D eigenvalue weighted by Crippen LogP contribution is -2.36. The highest BCUT2D eigenvalue weighted by Crippen LogP contribution is 2.43. The Labute approximate surface area is 185 Å². The molecule has 0 saturated heterocycles. The van der Waals surface area contributed by atoms with Crippen LogP contribution in [0.2, 0.25) is 0 Å². The fraction of sp³-hybridized carbons (Fsp3) is 0.304. The van der Waals surface area contributed by atoms with Crippen molar-refractivity contribution in [2.75, 3.05) is 17.8 Å². The molecule has 1 aliphatic heterocycles. The van der Waals surface area contributed by atoms with Crippen LogP contribution in [0.4, 0.5) is 5.69 Å². The molecule has 0 aliphatic carbocycles. The maximum atomic E-state index is 12.8. The number of ether oxygens (including phenoxy) is 2. The number of methoxy groups -OCH3 is 1. The number of para-hydroxylation sites is 1. The standard InChI is InChI=1S/C23H24N4O3S/c1-4-5-14-31-23-24-21-20(25-26-23)18-8-6-7-9-19(18)27(15(2)28)22(30-21)16-10-12-17(29-3)13-11-16/h6-13,22H,4-5,14H2,1-3H3. The van der Waals surface area contributed by atoms with Gasteiger partial charge in [0.25, 0.3) is 0 Å². The predicted molar refractivity (Wildman–Crippen MR) is 120 cm³/mol. The second kappa shape index (κ2) is 9.34. The number of nitrogens with zero attached hydrogens (tertiary/aromatic N) is 4. The molecule has 0 spiro atoms. The minimum absolute atomic E-state index is 0.147. The van der Waals surface area contributed by atoms with E-state index < -0.39 is 6.23 Å². The van der Waals surface area contributed by atoms with Crippen molar-refractivity contribution in [3.8, 4) is 22.9 Å². The molecule has 0 bridgehead atoms. The predicted octanol–water partition coefficient (Wildman–Crippen LogP) is 4.88. The van der Waals surface area contributed by atoms with Crippen LogP contribution in [0.5, 0.6) is 11.6 Å². The number of hydrogen-bond donors (Lipinski definition) is 0. The van der Waals surface area contributed by atoms with E-state index in [0.29, 0.717) is 22.4 Å². The van der Waals surface area contributed by atoms with E-state index in [1.165, 1.54) is 6.92 Å². The molecule has 0 fully saturated rings. The molecule has 8 heteroatoms. The number of aromatic nitrogens is 3. The fourth-order valence-corrected chi connectivity index (χ4v) is 4.27. The highest BCUT2D eigenvalue weighted by molar-refractivity contribution is 7.99. The summed E-state index contributed by atoms with van der Waals surface area (Å²) in [5.74, 6) is 1.86. The summed E-state index contributed by atoms with van der Waals surface area (Å²) in [5.41, 5.74) is 2.79. The van der Waals surface area contributed by atoms with Gasteiger partial charge in [0, 0.05) is 23.8 Å². The minimum atomic E-state index is -0.698. The van der Waals surface area contributed by atoms with E-state index in [4.69, 9.17) is 9.47 Å². The van der Waals surface area contributed by atoms with Crippen LogP contribution < -0.4 is 14.4 Å². The Kier molecular flexibility index (Phi) is 6.36. The first-order chi connectivity index (χ1) is 15.1. The Morgan fingerprint density at radius 3 is 2.65 bits per heavy atom. The van der Waals surface area contributed by atoms with Gasteiger partial charge >= 0.3 is 0 Å². The van der Waals surface area contributed by atoms with Crippen molar-refractivity contribution in [3.05, 3.63) is 54.1 Å². The SMILES string of the molecule is CCCCSc1nnc2c(n1)OC(c1ccc(OC)cc1)N(C(C)=O)c1ccccc1-2. The molecular weight excluding hydrogens is 412 g/mol. The van der Waals surface area contributed by atoms with Crippen LogP contribution in [0, 0.1) is 0 Å². The van der Waals surface area contributed by atoms with Crippen molar-refractivity contribution in [3.63, 3.8) is 0 Å². The van der Waals surface area contributed by atoms with Gasteiger partial charge in [-0.05, 0) is 36.8 Å². The number of unbranched alkanes of at least 4 members (excludes halogenated alkanes) is 1. The number of carbonyl (C=O) groups excluding carboxylic acids is 1. The zero-order valence-electron chi connectivity index (χ0n) is 17.7. The summed E-state index contributed by atoms with van der Waals surface area (Å²) >= 11 is 1.55. The van der Waals surface area contributed by atoms with E-state index in [2.05, 4.69) is 22.1 Å². The second-order valence-corrected chi connectivity index (χ2v) is 8.16. The molecule has 1 unspecified atom stereocenters. The van der Waals surface area contributed by atoms with Gasteiger partial charge in [-0.3, -0.25) is 9.69 Å². The molecular formula is C23H24N4O3S.